The summed E-state index contributed by atoms with van der Waals surface area (Å²) in [6, 6.07) is 13.4. The van der Waals surface area contributed by atoms with Crippen LogP contribution >= 0.6 is 0 Å². The fourth-order valence-electron chi connectivity index (χ4n) is 15.6. The van der Waals surface area contributed by atoms with Crippen LogP contribution in [0.3, 0.4) is 0 Å². The van der Waals surface area contributed by atoms with E-state index in [4.69, 9.17) is 0 Å². The lowest BCUT2D eigenvalue weighted by Crippen LogP contribution is -3.10. The van der Waals surface area contributed by atoms with Crippen molar-refractivity contribution < 1.29 is 29.7 Å². The predicted octanol–water partition coefficient (Wildman–Crippen LogP) is 4.45. The zero-order chi connectivity index (χ0) is 38.7. The van der Waals surface area contributed by atoms with Crippen molar-refractivity contribution in [3.05, 3.63) is 69.8 Å². The molecule has 6 saturated carbocycles. The topological polar surface area (TPSA) is 151 Å². The first-order chi connectivity index (χ1) is 27.0. The average molecular weight is 765 g/mol. The van der Waals surface area contributed by atoms with Gasteiger partial charge in [0.05, 0.1) is 17.8 Å². The van der Waals surface area contributed by atoms with Gasteiger partial charge >= 0.3 is 17.9 Å². The third-order valence-corrected chi connectivity index (χ3v) is 17.1. The van der Waals surface area contributed by atoms with E-state index in [0.717, 1.165) is 131 Å². The van der Waals surface area contributed by atoms with Gasteiger partial charge in [0.25, 0.3) is 0 Å². The quantitative estimate of drug-likeness (QED) is 0.129. The van der Waals surface area contributed by atoms with Crippen LogP contribution in [0.25, 0.3) is 0 Å². The minimum absolute atomic E-state index is 0.140. The Morgan fingerprint density at radius 1 is 0.625 bits per heavy atom. The van der Waals surface area contributed by atoms with Crippen LogP contribution in [0.2, 0.25) is 0 Å². The van der Waals surface area contributed by atoms with E-state index < -0.39 is 29.7 Å². The summed E-state index contributed by atoms with van der Waals surface area (Å²) >= 11 is 0. The minimum Gasteiger partial charge on any atom is -0.481 e. The third kappa shape index (κ3) is 5.44. The van der Waals surface area contributed by atoms with Crippen LogP contribution in [0.5, 0.6) is 0 Å². The molecule has 10 nitrogen and oxygen atoms in total. The lowest BCUT2D eigenvalue weighted by Gasteiger charge is -3.12. The number of aryl methyl sites for hydroxylation is 2. The van der Waals surface area contributed by atoms with Gasteiger partial charge in [-0.15, -0.1) is 0 Å². The van der Waals surface area contributed by atoms with Gasteiger partial charge in [0.1, 0.15) is 0 Å². The van der Waals surface area contributed by atoms with Gasteiger partial charge in [-0.05, 0) is 178 Å². The molecule has 0 bridgehead atoms. The first-order valence-electron chi connectivity index (χ1n) is 21.7. The van der Waals surface area contributed by atoms with E-state index in [1.54, 1.807) is 0 Å². The molecule has 9 fully saturated rings. The summed E-state index contributed by atoms with van der Waals surface area (Å²) in [6.45, 7) is 11.8. The van der Waals surface area contributed by atoms with Gasteiger partial charge in [-0.3, -0.25) is 19.3 Å². The first-order valence-corrected chi connectivity index (χ1v) is 21.7. The van der Waals surface area contributed by atoms with E-state index in [2.05, 4.69) is 71.1 Å². The van der Waals surface area contributed by atoms with Gasteiger partial charge in [0.15, 0.2) is 0 Å². The van der Waals surface area contributed by atoms with Gasteiger partial charge in [0, 0.05) is 19.6 Å². The highest BCUT2D eigenvalue weighted by molar-refractivity contribution is 5.72. The third-order valence-electron chi connectivity index (χ3n) is 17.1. The first kappa shape index (κ1) is 37.0. The van der Waals surface area contributed by atoms with E-state index >= 15 is 0 Å². The predicted molar refractivity (Wildman–Crippen MR) is 211 cm³/mol. The molecule has 3 saturated heterocycles. The van der Waals surface area contributed by atoms with Gasteiger partial charge in [0.2, 0.25) is 0 Å². The molecule has 6 aliphatic carbocycles. The number of hydrogen-bond donors (Lipinski definition) is 6. The molecule has 10 atom stereocenters. The molecular weight excluding hydrogens is 705 g/mol. The van der Waals surface area contributed by atoms with Crippen LogP contribution in [-0.2, 0) is 40.3 Å². The maximum atomic E-state index is 12.7. The lowest BCUT2D eigenvalue weighted by molar-refractivity contribution is -0.661. The molecule has 2 aromatic carbocycles. The van der Waals surface area contributed by atoms with E-state index in [9.17, 15) is 29.7 Å². The Morgan fingerprint density at radius 3 is 1.45 bits per heavy atom. The molecule has 6 N–H and O–H groups in total. The number of carboxylic acid groups (broad SMARTS) is 3. The van der Waals surface area contributed by atoms with Gasteiger partial charge in [-0.25, -0.2) is 0 Å². The zero-order valence-corrected chi connectivity index (χ0v) is 33.0. The number of hydrogen-bond acceptors (Lipinski definition) is 7. The summed E-state index contributed by atoms with van der Waals surface area (Å²) in [5, 5.41) is 41.1. The van der Waals surface area contributed by atoms with E-state index in [1.807, 2.05) is 0 Å². The molecule has 4 unspecified atom stereocenters. The second kappa shape index (κ2) is 13.6. The van der Waals surface area contributed by atoms with Gasteiger partial charge in [-0.2, -0.15) is 0 Å². The smallest absolute Gasteiger partial charge is 0.307 e. The van der Waals surface area contributed by atoms with Crippen LogP contribution in [-0.4, -0.2) is 83.9 Å². The van der Waals surface area contributed by atoms with Crippen LogP contribution < -0.4 is 16.0 Å². The highest BCUT2D eigenvalue weighted by Gasteiger charge is 3.09. The summed E-state index contributed by atoms with van der Waals surface area (Å²) < 4.78 is 0. The number of aliphatic carboxylic acids is 3. The second-order valence-corrected chi connectivity index (χ2v) is 19.9. The zero-order valence-electron chi connectivity index (χ0n) is 33.0. The number of rotatable bonds is 18. The number of benzene rings is 2. The fourth-order valence-corrected chi connectivity index (χ4v) is 15.6. The molecule has 10 heteroatoms. The molecule has 11 rings (SSSR count). The summed E-state index contributed by atoms with van der Waals surface area (Å²) in [7, 11) is 0. The molecule has 3 heterocycles. The maximum Gasteiger partial charge on any atom is 0.307 e. The van der Waals surface area contributed by atoms with Crippen molar-refractivity contribution in [2.24, 2.45) is 81.8 Å². The van der Waals surface area contributed by atoms with Crippen LogP contribution in [0, 0.1) is 95.7 Å². The van der Waals surface area contributed by atoms with Crippen LogP contribution in [0.4, 0.5) is 0 Å². The number of nitrogens with one attached hydrogen (secondary N) is 3. The Hall–Kier alpha value is -3.31. The summed E-state index contributed by atoms with van der Waals surface area (Å²) in [6.07, 6.45) is 4.68. The number of nitrogens with zero attached hydrogens (tertiary/aromatic N) is 1. The van der Waals surface area contributed by atoms with E-state index in [1.165, 1.54) is 11.1 Å². The maximum absolute atomic E-state index is 12.7. The van der Waals surface area contributed by atoms with E-state index in [-0.39, 0.29) is 34.5 Å². The van der Waals surface area contributed by atoms with Crippen molar-refractivity contribution in [3.8, 4) is 0 Å². The minimum atomic E-state index is -0.712. The molecule has 9 aliphatic rings. The Morgan fingerprint density at radius 2 is 1.04 bits per heavy atom. The molecular formula is C46H60N4O6. The van der Waals surface area contributed by atoms with Crippen molar-refractivity contribution in [2.45, 2.75) is 65.5 Å². The van der Waals surface area contributed by atoms with Crippen molar-refractivity contribution in [3.63, 3.8) is 0 Å². The standard InChI is InChI=1S/C46H60N4O6/c1-24-9-26(15-33(42(51)52)30-3-6-47-18-30)13-28(11-24)21-50(22-29-12-25(2)10-27(14-29)16-34(43(53)54)31-4-7-48-19-31)23-46-39-36-38-37(39)41(46)45(38,40(36)46)17-35(44(55)56)32-5-8-49-20-32/h9-14,30-41,47-49H,3-8,15-23H2,1-2H3,(H,51,52)(H,53,54)(H,55,56)/t30-,31-,32-,33-,34-,35-,36?,37?,38?,39?,40?,41?,45?,46?/m0/s1. The summed E-state index contributed by atoms with van der Waals surface area (Å²) in [5.74, 6) is 1.88. The van der Waals surface area contributed by atoms with Gasteiger partial charge < -0.3 is 31.3 Å². The van der Waals surface area contributed by atoms with Crippen molar-refractivity contribution in [1.82, 2.24) is 20.9 Å². The molecule has 2 aromatic rings. The normalized spacial score (nSPS) is 38.1. The van der Waals surface area contributed by atoms with Crippen LogP contribution in [0.1, 0.15) is 59.1 Å². The van der Waals surface area contributed by atoms with E-state index in [0.29, 0.717) is 24.7 Å². The summed E-state index contributed by atoms with van der Waals surface area (Å²) in [5.41, 5.74) is 7.46. The fraction of sp³-hybridized carbons (Fsp3) is 0.674. The average Bonchev–Trinajstić information content (AvgIpc) is 3.96. The second-order valence-electron chi connectivity index (χ2n) is 19.9. The Kier molecular flexibility index (Phi) is 9.01. The molecule has 0 spiro atoms. The Bertz CT molecular complexity index is 1810. The van der Waals surface area contributed by atoms with Crippen molar-refractivity contribution in [1.29, 1.82) is 0 Å². The van der Waals surface area contributed by atoms with Gasteiger partial charge in [-0.1, -0.05) is 47.5 Å². The van der Waals surface area contributed by atoms with Crippen molar-refractivity contribution >= 4 is 17.9 Å². The Balaban J connectivity index is 0.924. The van der Waals surface area contributed by atoms with Crippen molar-refractivity contribution in [2.75, 3.05) is 45.8 Å². The molecule has 56 heavy (non-hydrogen) atoms. The SMILES string of the molecule is Cc1cc(C[C@H](C(=O)O)[C@H]2CCNC2)cc(CN(Cc2cc(C)cc(C[C@H](C(=O)O)[C@H]3CCNC3)c2)CC23C4C5C6C4C2C6(C[C@H](C(=O)O)[C@H]2CCNC2)C53)c1. The monoisotopic (exact) mass is 764 g/mol. The molecule has 300 valence electrons. The largest absolute Gasteiger partial charge is 0.481 e. The molecule has 0 amide bonds. The molecule has 3 aliphatic heterocycles. The highest BCUT2D eigenvalue weighted by atomic mass is 16.4. The Labute approximate surface area is 330 Å². The number of carbonyl (C=O) groups is 3. The highest BCUT2D eigenvalue weighted by Crippen LogP contribution is 3.11. The number of carboxylic acids is 3. The molecule has 0 aromatic heterocycles. The molecule has 0 radical (unpaired) electrons. The van der Waals surface area contributed by atoms with Crippen LogP contribution in [0.15, 0.2) is 36.4 Å². The lowest BCUT2D eigenvalue weighted by atomic mass is 8.91. The summed E-state index contributed by atoms with van der Waals surface area (Å²) in [4.78, 5) is 40.3.